The van der Waals surface area contributed by atoms with E-state index in [1.807, 2.05) is 27.7 Å². The van der Waals surface area contributed by atoms with Crippen molar-refractivity contribution in [2.24, 2.45) is 0 Å². The molecule has 28 heavy (non-hydrogen) atoms. The number of amides is 1. The molecule has 0 saturated heterocycles. The lowest BCUT2D eigenvalue weighted by molar-refractivity contribution is 0.0693. The van der Waals surface area contributed by atoms with Gasteiger partial charge in [-0.05, 0) is 52.0 Å². The zero-order valence-electron chi connectivity index (χ0n) is 15.9. The molecule has 0 aliphatic heterocycles. The maximum Gasteiger partial charge on any atom is 0.339 e. The average Bonchev–Trinajstić information content (AvgIpc) is 2.56. The molecule has 150 valence electrons. The van der Waals surface area contributed by atoms with Crippen LogP contribution < -0.4 is 14.8 Å². The van der Waals surface area contributed by atoms with Gasteiger partial charge >= 0.3 is 5.97 Å². The molecule has 0 unspecified atom stereocenters. The summed E-state index contributed by atoms with van der Waals surface area (Å²) in [5.41, 5.74) is 0.194. The second-order valence-corrected chi connectivity index (χ2v) is 7.02. The minimum atomic E-state index is -1.27. The molecule has 0 atom stereocenters. The lowest BCUT2D eigenvalue weighted by Crippen LogP contribution is -2.15. The monoisotopic (exact) mass is 407 g/mol. The zero-order valence-corrected chi connectivity index (χ0v) is 16.7. The van der Waals surface area contributed by atoms with E-state index in [9.17, 15) is 14.7 Å². The molecule has 2 aromatic carbocycles. The molecule has 2 rings (SSSR count). The summed E-state index contributed by atoms with van der Waals surface area (Å²) in [7, 11) is 0. The zero-order chi connectivity index (χ0) is 21.0. The van der Waals surface area contributed by atoms with Gasteiger partial charge in [-0.2, -0.15) is 0 Å². The number of carboxylic acid groups (broad SMARTS) is 1. The van der Waals surface area contributed by atoms with Crippen LogP contribution in [0.1, 0.15) is 48.4 Å². The van der Waals surface area contributed by atoms with Gasteiger partial charge < -0.3 is 25.0 Å². The lowest BCUT2D eigenvalue weighted by Gasteiger charge is -2.19. The Labute approximate surface area is 167 Å². The number of halogens is 1. The lowest BCUT2D eigenvalue weighted by atomic mass is 10.1. The number of rotatable bonds is 7. The van der Waals surface area contributed by atoms with E-state index in [0.717, 1.165) is 6.07 Å². The highest BCUT2D eigenvalue weighted by atomic mass is 35.5. The molecule has 0 fully saturated rings. The molecule has 0 aromatic heterocycles. The molecule has 0 aliphatic rings. The maximum absolute atomic E-state index is 12.6. The molecular formula is C20H22ClNO6. The first-order chi connectivity index (χ1) is 13.1. The number of aromatic hydroxyl groups is 1. The highest BCUT2D eigenvalue weighted by molar-refractivity contribution is 6.32. The molecular weight excluding hydrogens is 386 g/mol. The fourth-order valence-electron chi connectivity index (χ4n) is 2.38. The molecule has 0 spiro atoms. The van der Waals surface area contributed by atoms with Crippen molar-refractivity contribution in [3.63, 3.8) is 0 Å². The number of hydrogen-bond acceptors (Lipinski definition) is 5. The largest absolute Gasteiger partial charge is 0.507 e. The van der Waals surface area contributed by atoms with Gasteiger partial charge in [0.05, 0.1) is 17.2 Å². The van der Waals surface area contributed by atoms with Crippen LogP contribution in [-0.2, 0) is 0 Å². The minimum Gasteiger partial charge on any atom is -0.507 e. The Morgan fingerprint density at radius 3 is 2.21 bits per heavy atom. The highest BCUT2D eigenvalue weighted by Gasteiger charge is 2.19. The summed E-state index contributed by atoms with van der Waals surface area (Å²) in [6, 6.07) is 6.71. The summed E-state index contributed by atoms with van der Waals surface area (Å²) in [5, 5.41) is 21.5. The first kappa shape index (κ1) is 21.4. The number of carboxylic acids is 1. The van der Waals surface area contributed by atoms with Crippen molar-refractivity contribution in [1.82, 2.24) is 0 Å². The van der Waals surface area contributed by atoms with Crippen molar-refractivity contribution in [2.75, 3.05) is 5.32 Å². The number of phenols is 1. The number of hydrogen-bond donors (Lipinski definition) is 3. The Bertz CT molecular complexity index is 895. The van der Waals surface area contributed by atoms with Crippen molar-refractivity contribution in [1.29, 1.82) is 0 Å². The van der Waals surface area contributed by atoms with Crippen LogP contribution in [0, 0.1) is 0 Å². The fourth-order valence-corrected chi connectivity index (χ4v) is 2.64. The number of nitrogens with one attached hydrogen (secondary N) is 1. The van der Waals surface area contributed by atoms with Crippen LogP contribution in [0.2, 0.25) is 5.02 Å². The number of aromatic carboxylic acids is 1. The molecule has 0 aliphatic carbocycles. The second kappa shape index (κ2) is 8.84. The van der Waals surface area contributed by atoms with Crippen LogP contribution in [-0.4, -0.2) is 34.3 Å². The van der Waals surface area contributed by atoms with E-state index in [2.05, 4.69) is 5.32 Å². The average molecular weight is 408 g/mol. The predicted octanol–water partition coefficient (Wildman–Crippen LogP) is 4.57. The number of carbonyl (C=O) groups excluding carboxylic acids is 1. The van der Waals surface area contributed by atoms with Gasteiger partial charge in [0, 0.05) is 17.3 Å². The normalized spacial score (nSPS) is 10.8. The van der Waals surface area contributed by atoms with Gasteiger partial charge in [-0.3, -0.25) is 4.79 Å². The number of benzene rings is 2. The van der Waals surface area contributed by atoms with Crippen LogP contribution in [0.25, 0.3) is 0 Å². The Balaban J connectivity index is 2.33. The van der Waals surface area contributed by atoms with E-state index >= 15 is 0 Å². The van der Waals surface area contributed by atoms with E-state index in [1.54, 1.807) is 0 Å². The molecule has 3 N–H and O–H groups in total. The number of carbonyl (C=O) groups is 2. The van der Waals surface area contributed by atoms with Crippen molar-refractivity contribution in [3.05, 3.63) is 46.5 Å². The predicted molar refractivity (Wildman–Crippen MR) is 106 cm³/mol. The standard InChI is InChI=1S/C20H22ClNO6/c1-10(2)27-17-8-12(7-15(21)18(17)28-11(3)4)19(24)22-13-5-6-14(20(25)26)16(23)9-13/h5-11,23H,1-4H3,(H,22,24)(H,25,26). The Kier molecular flexibility index (Phi) is 6.75. The van der Waals surface area contributed by atoms with Crippen LogP contribution in [0.4, 0.5) is 5.69 Å². The third kappa shape index (κ3) is 5.29. The van der Waals surface area contributed by atoms with Crippen molar-refractivity contribution < 1.29 is 29.3 Å². The van der Waals surface area contributed by atoms with Gasteiger partial charge in [-0.25, -0.2) is 4.79 Å². The topological polar surface area (TPSA) is 105 Å². The van der Waals surface area contributed by atoms with Crippen LogP contribution in [0.5, 0.6) is 17.2 Å². The molecule has 0 saturated carbocycles. The molecule has 7 nitrogen and oxygen atoms in total. The van der Waals surface area contributed by atoms with Gasteiger partial charge in [-0.15, -0.1) is 0 Å². The second-order valence-electron chi connectivity index (χ2n) is 6.61. The number of anilines is 1. The third-order valence-corrected chi connectivity index (χ3v) is 3.75. The molecule has 0 bridgehead atoms. The molecule has 1 amide bonds. The Morgan fingerprint density at radius 2 is 1.68 bits per heavy atom. The minimum absolute atomic E-state index is 0.137. The van der Waals surface area contributed by atoms with Gasteiger partial charge in [0.1, 0.15) is 11.3 Å². The van der Waals surface area contributed by atoms with Gasteiger partial charge in [0.25, 0.3) is 5.91 Å². The van der Waals surface area contributed by atoms with Crippen molar-refractivity contribution in [3.8, 4) is 17.2 Å². The van der Waals surface area contributed by atoms with Crippen molar-refractivity contribution >= 4 is 29.2 Å². The van der Waals surface area contributed by atoms with E-state index in [-0.39, 0.29) is 34.0 Å². The Hall–Kier alpha value is -2.93. The number of ether oxygens (including phenoxy) is 2. The summed E-state index contributed by atoms with van der Waals surface area (Å²) in [6.45, 7) is 7.38. The van der Waals surface area contributed by atoms with E-state index in [4.69, 9.17) is 26.2 Å². The van der Waals surface area contributed by atoms with Crippen LogP contribution in [0.3, 0.4) is 0 Å². The maximum atomic E-state index is 12.6. The van der Waals surface area contributed by atoms with Gasteiger partial charge in [-0.1, -0.05) is 11.6 Å². The third-order valence-electron chi connectivity index (χ3n) is 3.47. The first-order valence-electron chi connectivity index (χ1n) is 8.63. The molecule has 8 heteroatoms. The summed E-state index contributed by atoms with van der Waals surface area (Å²) in [5.74, 6) is -1.53. The van der Waals surface area contributed by atoms with Gasteiger partial charge in [0.2, 0.25) is 0 Å². The van der Waals surface area contributed by atoms with E-state index in [1.165, 1.54) is 24.3 Å². The first-order valence-corrected chi connectivity index (χ1v) is 9.00. The molecule has 0 heterocycles. The van der Waals surface area contributed by atoms with E-state index < -0.39 is 17.6 Å². The summed E-state index contributed by atoms with van der Waals surface area (Å²) < 4.78 is 11.4. The summed E-state index contributed by atoms with van der Waals surface area (Å²) in [4.78, 5) is 23.6. The molecule has 2 aromatic rings. The quantitative estimate of drug-likeness (QED) is 0.620. The smallest absolute Gasteiger partial charge is 0.339 e. The fraction of sp³-hybridized carbons (Fsp3) is 0.300. The van der Waals surface area contributed by atoms with Gasteiger partial charge in [0.15, 0.2) is 11.5 Å². The highest BCUT2D eigenvalue weighted by Crippen LogP contribution is 2.38. The van der Waals surface area contributed by atoms with Crippen molar-refractivity contribution in [2.45, 2.75) is 39.9 Å². The Morgan fingerprint density at radius 1 is 1.04 bits per heavy atom. The van der Waals surface area contributed by atoms with E-state index in [0.29, 0.717) is 11.5 Å². The summed E-state index contributed by atoms with van der Waals surface area (Å²) >= 11 is 6.30. The van der Waals surface area contributed by atoms with Crippen LogP contribution in [0.15, 0.2) is 30.3 Å². The SMILES string of the molecule is CC(C)Oc1cc(C(=O)Nc2ccc(C(=O)O)c(O)c2)cc(Cl)c1OC(C)C. The molecule has 0 radical (unpaired) electrons. The summed E-state index contributed by atoms with van der Waals surface area (Å²) in [6.07, 6.45) is -0.299. The van der Waals surface area contributed by atoms with Crippen LogP contribution >= 0.6 is 11.6 Å².